The molecule has 1 aliphatic carbocycles. The third kappa shape index (κ3) is 5.26. The van der Waals surface area contributed by atoms with Crippen LogP contribution in [0.25, 0.3) is 0 Å². The Morgan fingerprint density at radius 1 is 1.18 bits per heavy atom. The molecule has 0 aromatic rings. The van der Waals surface area contributed by atoms with E-state index < -0.39 is 9.84 Å². The Labute approximate surface area is 132 Å². The standard InChI is InChI=1S/C15H26N2O4S/c1-22(20,21)9-7-14(18)17-8-3-4-12(11-17)10-16-15(19)13-5-2-6-13/h12-13H,2-11H2,1H3,(H,16,19). The monoisotopic (exact) mass is 330 g/mol. The number of carbonyl (C=O) groups is 2. The number of piperidine rings is 1. The van der Waals surface area contributed by atoms with Crippen LogP contribution in [0.15, 0.2) is 0 Å². The van der Waals surface area contributed by atoms with E-state index in [-0.39, 0.29) is 35.8 Å². The van der Waals surface area contributed by atoms with Gasteiger partial charge in [0.1, 0.15) is 9.84 Å². The molecule has 1 saturated heterocycles. The van der Waals surface area contributed by atoms with Gasteiger partial charge in [-0.15, -0.1) is 0 Å². The van der Waals surface area contributed by atoms with Crippen molar-refractivity contribution in [2.75, 3.05) is 31.6 Å². The van der Waals surface area contributed by atoms with Crippen LogP contribution in [0.5, 0.6) is 0 Å². The minimum absolute atomic E-state index is 0.0555. The molecule has 6 nitrogen and oxygen atoms in total. The van der Waals surface area contributed by atoms with E-state index >= 15 is 0 Å². The van der Waals surface area contributed by atoms with Gasteiger partial charge in [0.05, 0.1) is 5.75 Å². The lowest BCUT2D eigenvalue weighted by atomic mass is 9.84. The van der Waals surface area contributed by atoms with Gasteiger partial charge in [-0.25, -0.2) is 8.42 Å². The SMILES string of the molecule is CS(=O)(=O)CCC(=O)N1CCCC(CNC(=O)C2CCC2)C1. The molecule has 22 heavy (non-hydrogen) atoms. The number of nitrogens with zero attached hydrogens (tertiary/aromatic N) is 1. The topological polar surface area (TPSA) is 83.6 Å². The summed E-state index contributed by atoms with van der Waals surface area (Å²) in [4.78, 5) is 25.6. The molecule has 1 atom stereocenters. The Morgan fingerprint density at radius 2 is 1.91 bits per heavy atom. The third-order valence-electron chi connectivity index (χ3n) is 4.60. The summed E-state index contributed by atoms with van der Waals surface area (Å²) in [6.45, 7) is 1.92. The van der Waals surface area contributed by atoms with Crippen molar-refractivity contribution in [1.82, 2.24) is 10.2 Å². The summed E-state index contributed by atoms with van der Waals surface area (Å²) in [6.07, 6.45) is 6.24. The maximum atomic E-state index is 12.1. The van der Waals surface area contributed by atoms with E-state index in [0.29, 0.717) is 19.6 Å². The number of hydrogen-bond acceptors (Lipinski definition) is 4. The van der Waals surface area contributed by atoms with Crippen molar-refractivity contribution in [3.63, 3.8) is 0 Å². The number of nitrogens with one attached hydrogen (secondary N) is 1. The van der Waals surface area contributed by atoms with Crippen LogP contribution < -0.4 is 5.32 Å². The number of hydrogen-bond donors (Lipinski definition) is 1. The summed E-state index contributed by atoms with van der Waals surface area (Å²) in [5, 5.41) is 3.00. The zero-order valence-electron chi connectivity index (χ0n) is 13.2. The molecule has 7 heteroatoms. The summed E-state index contributed by atoms with van der Waals surface area (Å²) in [7, 11) is -3.10. The van der Waals surface area contributed by atoms with Crippen molar-refractivity contribution in [3.8, 4) is 0 Å². The first-order valence-corrected chi connectivity index (χ1v) is 10.1. The Morgan fingerprint density at radius 3 is 2.50 bits per heavy atom. The van der Waals surface area contributed by atoms with Gasteiger partial charge in [0.15, 0.2) is 0 Å². The zero-order valence-corrected chi connectivity index (χ0v) is 14.0. The van der Waals surface area contributed by atoms with Gasteiger partial charge in [0.25, 0.3) is 0 Å². The molecule has 1 heterocycles. The van der Waals surface area contributed by atoms with Gasteiger partial charge in [-0.05, 0) is 31.6 Å². The highest BCUT2D eigenvalue weighted by Gasteiger charge is 2.27. The Balaban J connectivity index is 1.73. The average molecular weight is 330 g/mol. The molecular formula is C15H26N2O4S. The van der Waals surface area contributed by atoms with Crippen LogP contribution in [0.2, 0.25) is 0 Å². The molecule has 1 aliphatic heterocycles. The smallest absolute Gasteiger partial charge is 0.223 e. The average Bonchev–Trinajstić information content (AvgIpc) is 2.40. The van der Waals surface area contributed by atoms with Crippen LogP contribution in [0.4, 0.5) is 0 Å². The van der Waals surface area contributed by atoms with Gasteiger partial charge in [-0.3, -0.25) is 9.59 Å². The molecule has 2 aliphatic rings. The molecule has 2 rings (SSSR count). The largest absolute Gasteiger partial charge is 0.356 e. The molecule has 0 radical (unpaired) electrons. The third-order valence-corrected chi connectivity index (χ3v) is 5.55. The lowest BCUT2D eigenvalue weighted by molar-refractivity contribution is -0.132. The second kappa shape index (κ2) is 7.44. The second-order valence-electron chi connectivity index (χ2n) is 6.60. The Bertz CT molecular complexity index is 514. The van der Waals surface area contributed by atoms with Gasteiger partial charge in [-0.1, -0.05) is 6.42 Å². The van der Waals surface area contributed by atoms with Gasteiger partial charge >= 0.3 is 0 Å². The van der Waals surface area contributed by atoms with Crippen LogP contribution >= 0.6 is 0 Å². The molecule has 0 bridgehead atoms. The van der Waals surface area contributed by atoms with Crippen LogP contribution in [-0.4, -0.2) is 56.8 Å². The van der Waals surface area contributed by atoms with Gasteiger partial charge in [-0.2, -0.15) is 0 Å². The first kappa shape index (κ1) is 17.2. The quantitative estimate of drug-likeness (QED) is 0.772. The van der Waals surface area contributed by atoms with E-state index in [1.54, 1.807) is 4.90 Å². The predicted octanol–water partition coefficient (Wildman–Crippen LogP) is 0.576. The Kier molecular flexibility index (Phi) is 5.83. The summed E-state index contributed by atoms with van der Waals surface area (Å²) in [5.74, 6) is 0.425. The van der Waals surface area contributed by atoms with Crippen LogP contribution in [0.1, 0.15) is 38.5 Å². The van der Waals surface area contributed by atoms with E-state index in [4.69, 9.17) is 0 Å². The highest BCUT2D eigenvalue weighted by molar-refractivity contribution is 7.90. The molecule has 0 spiro atoms. The van der Waals surface area contributed by atoms with Crippen LogP contribution in [-0.2, 0) is 19.4 Å². The highest BCUT2D eigenvalue weighted by atomic mass is 32.2. The molecular weight excluding hydrogens is 304 g/mol. The van der Waals surface area contributed by atoms with Crippen molar-refractivity contribution in [2.24, 2.45) is 11.8 Å². The van der Waals surface area contributed by atoms with E-state index in [0.717, 1.165) is 38.4 Å². The van der Waals surface area contributed by atoms with Crippen LogP contribution in [0.3, 0.4) is 0 Å². The van der Waals surface area contributed by atoms with Gasteiger partial charge < -0.3 is 10.2 Å². The number of sulfone groups is 1. The molecule has 0 aromatic heterocycles. The fourth-order valence-corrected chi connectivity index (χ4v) is 3.49. The first-order valence-electron chi connectivity index (χ1n) is 8.08. The fourth-order valence-electron chi connectivity index (χ4n) is 2.95. The summed E-state index contributed by atoms with van der Waals surface area (Å²) >= 11 is 0. The molecule has 2 fully saturated rings. The first-order chi connectivity index (χ1) is 10.3. The highest BCUT2D eigenvalue weighted by Crippen LogP contribution is 2.26. The summed E-state index contributed by atoms with van der Waals surface area (Å²) in [5.41, 5.74) is 0. The minimum Gasteiger partial charge on any atom is -0.356 e. The fraction of sp³-hybridized carbons (Fsp3) is 0.867. The van der Waals surface area contributed by atoms with Crippen molar-refractivity contribution in [1.29, 1.82) is 0 Å². The lowest BCUT2D eigenvalue weighted by Crippen LogP contribution is -2.45. The molecule has 1 N–H and O–H groups in total. The van der Waals surface area contributed by atoms with Crippen molar-refractivity contribution in [2.45, 2.75) is 38.5 Å². The molecule has 1 unspecified atom stereocenters. The summed E-state index contributed by atoms with van der Waals surface area (Å²) < 4.78 is 22.3. The zero-order chi connectivity index (χ0) is 16.2. The van der Waals surface area contributed by atoms with Gasteiger partial charge in [0.2, 0.25) is 11.8 Å². The van der Waals surface area contributed by atoms with Crippen LogP contribution in [0, 0.1) is 11.8 Å². The van der Waals surface area contributed by atoms with Crippen molar-refractivity contribution >= 4 is 21.7 Å². The Hall–Kier alpha value is -1.11. The maximum Gasteiger partial charge on any atom is 0.223 e. The van der Waals surface area contributed by atoms with Crippen molar-refractivity contribution in [3.05, 3.63) is 0 Å². The number of amides is 2. The molecule has 126 valence electrons. The molecule has 0 aromatic carbocycles. The van der Waals surface area contributed by atoms with Crippen molar-refractivity contribution < 1.29 is 18.0 Å². The molecule has 1 saturated carbocycles. The second-order valence-corrected chi connectivity index (χ2v) is 8.86. The normalized spacial score (nSPS) is 23.0. The van der Waals surface area contributed by atoms with E-state index in [2.05, 4.69) is 5.32 Å². The summed E-state index contributed by atoms with van der Waals surface area (Å²) in [6, 6.07) is 0. The lowest BCUT2D eigenvalue weighted by Gasteiger charge is -2.33. The number of carbonyl (C=O) groups excluding carboxylic acids is 2. The minimum atomic E-state index is -3.10. The number of rotatable bonds is 6. The molecule has 2 amide bonds. The van der Waals surface area contributed by atoms with E-state index in [9.17, 15) is 18.0 Å². The van der Waals surface area contributed by atoms with E-state index in [1.807, 2.05) is 0 Å². The maximum absolute atomic E-state index is 12.1. The van der Waals surface area contributed by atoms with Gasteiger partial charge in [0, 0.05) is 38.2 Å². The predicted molar refractivity (Wildman–Crippen MR) is 84.0 cm³/mol. The number of likely N-dealkylation sites (tertiary alicyclic amines) is 1. The van der Waals surface area contributed by atoms with E-state index in [1.165, 1.54) is 0 Å².